The lowest BCUT2D eigenvalue weighted by Crippen LogP contribution is -2.31. The van der Waals surface area contributed by atoms with Gasteiger partial charge in [0.15, 0.2) is 0 Å². The fourth-order valence-electron chi connectivity index (χ4n) is 1.61. The van der Waals surface area contributed by atoms with Crippen LogP contribution in [0.4, 0.5) is 0 Å². The Bertz CT molecular complexity index is 334. The molecule has 5 heteroatoms. The molecule has 2 nitrogen and oxygen atoms in total. The van der Waals surface area contributed by atoms with Crippen LogP contribution >= 0.6 is 43.2 Å². The van der Waals surface area contributed by atoms with E-state index in [9.17, 15) is 0 Å². The van der Waals surface area contributed by atoms with E-state index >= 15 is 0 Å². The summed E-state index contributed by atoms with van der Waals surface area (Å²) < 4.78 is 12.2. The first-order chi connectivity index (χ1) is 7.18. The Hall–Kier alpha value is 0.580. The molecule has 2 unspecified atom stereocenters. The number of alkyl halides is 1. The molecule has 1 aromatic heterocycles. The van der Waals surface area contributed by atoms with Gasteiger partial charge in [-0.05, 0) is 34.5 Å². The van der Waals surface area contributed by atoms with Crippen LogP contribution in [0.3, 0.4) is 0 Å². The third-order valence-corrected chi connectivity index (χ3v) is 5.04. The van der Waals surface area contributed by atoms with Crippen LogP contribution in [0.5, 0.6) is 0 Å². The minimum atomic E-state index is 0.124. The highest BCUT2D eigenvalue weighted by atomic mass is 79.9. The second kappa shape index (κ2) is 5.27. The molecule has 1 saturated heterocycles. The molecule has 0 aromatic carbocycles. The first kappa shape index (κ1) is 12.0. The van der Waals surface area contributed by atoms with Gasteiger partial charge in [-0.25, -0.2) is 0 Å². The SMILES string of the molecule is Cc1sc(Br)cc1C(Br)C1COCCO1. The zero-order valence-corrected chi connectivity index (χ0v) is 12.3. The van der Waals surface area contributed by atoms with Crippen LogP contribution in [-0.2, 0) is 9.47 Å². The number of ether oxygens (including phenoxy) is 2. The smallest absolute Gasteiger partial charge is 0.0975 e. The quantitative estimate of drug-likeness (QED) is 0.753. The topological polar surface area (TPSA) is 18.5 Å². The molecular formula is C10H12Br2O2S. The van der Waals surface area contributed by atoms with Crippen molar-refractivity contribution in [1.29, 1.82) is 0 Å². The van der Waals surface area contributed by atoms with Crippen molar-refractivity contribution in [1.82, 2.24) is 0 Å². The second-order valence-electron chi connectivity index (χ2n) is 3.45. The van der Waals surface area contributed by atoms with Crippen LogP contribution in [0.15, 0.2) is 9.85 Å². The van der Waals surface area contributed by atoms with Gasteiger partial charge in [0.2, 0.25) is 0 Å². The van der Waals surface area contributed by atoms with Crippen molar-refractivity contribution in [3.8, 4) is 0 Å². The summed E-state index contributed by atoms with van der Waals surface area (Å²) in [6.45, 7) is 4.20. The van der Waals surface area contributed by atoms with Gasteiger partial charge in [-0.3, -0.25) is 0 Å². The summed E-state index contributed by atoms with van der Waals surface area (Å²) in [6, 6.07) is 2.15. The third-order valence-electron chi connectivity index (χ3n) is 2.39. The van der Waals surface area contributed by atoms with E-state index in [1.54, 1.807) is 11.3 Å². The van der Waals surface area contributed by atoms with E-state index < -0.39 is 0 Å². The number of hydrogen-bond donors (Lipinski definition) is 0. The molecule has 84 valence electrons. The van der Waals surface area contributed by atoms with E-state index in [0.717, 1.165) is 3.79 Å². The molecule has 0 bridgehead atoms. The Kier molecular flexibility index (Phi) is 4.24. The Morgan fingerprint density at radius 1 is 1.53 bits per heavy atom. The van der Waals surface area contributed by atoms with Crippen molar-refractivity contribution in [3.63, 3.8) is 0 Å². The molecule has 15 heavy (non-hydrogen) atoms. The highest BCUT2D eigenvalue weighted by molar-refractivity contribution is 9.11. The molecular weight excluding hydrogens is 344 g/mol. The highest BCUT2D eigenvalue weighted by Gasteiger charge is 2.26. The third kappa shape index (κ3) is 2.82. The van der Waals surface area contributed by atoms with E-state index in [1.807, 2.05) is 0 Å². The zero-order valence-electron chi connectivity index (χ0n) is 8.33. The fraction of sp³-hybridized carbons (Fsp3) is 0.600. The Morgan fingerprint density at radius 3 is 2.87 bits per heavy atom. The average molecular weight is 356 g/mol. The molecule has 1 aliphatic heterocycles. The van der Waals surface area contributed by atoms with Gasteiger partial charge in [0.25, 0.3) is 0 Å². The molecule has 1 fully saturated rings. The molecule has 0 amide bonds. The first-order valence-electron chi connectivity index (χ1n) is 4.77. The van der Waals surface area contributed by atoms with Gasteiger partial charge in [0, 0.05) is 4.88 Å². The van der Waals surface area contributed by atoms with Crippen molar-refractivity contribution in [2.75, 3.05) is 19.8 Å². The average Bonchev–Trinajstić information content (AvgIpc) is 2.58. The summed E-state index contributed by atoms with van der Waals surface area (Å²) in [7, 11) is 0. The van der Waals surface area contributed by atoms with Gasteiger partial charge in [0.05, 0.1) is 34.5 Å². The minimum Gasteiger partial charge on any atom is -0.376 e. The van der Waals surface area contributed by atoms with E-state index in [0.29, 0.717) is 19.8 Å². The fourth-order valence-corrected chi connectivity index (χ4v) is 4.30. The van der Waals surface area contributed by atoms with Crippen molar-refractivity contribution in [3.05, 3.63) is 20.3 Å². The molecule has 1 aliphatic rings. The van der Waals surface area contributed by atoms with Crippen molar-refractivity contribution < 1.29 is 9.47 Å². The maximum absolute atomic E-state index is 5.68. The molecule has 0 saturated carbocycles. The molecule has 2 atom stereocenters. The van der Waals surface area contributed by atoms with Gasteiger partial charge in [-0.2, -0.15) is 0 Å². The van der Waals surface area contributed by atoms with Crippen LogP contribution in [-0.4, -0.2) is 25.9 Å². The van der Waals surface area contributed by atoms with Crippen molar-refractivity contribution in [2.24, 2.45) is 0 Å². The van der Waals surface area contributed by atoms with Gasteiger partial charge < -0.3 is 9.47 Å². The zero-order chi connectivity index (χ0) is 10.8. The number of thiophene rings is 1. The molecule has 0 aliphatic carbocycles. The first-order valence-corrected chi connectivity index (χ1v) is 7.30. The van der Waals surface area contributed by atoms with Crippen LogP contribution in [0, 0.1) is 6.92 Å². The molecule has 0 radical (unpaired) electrons. The summed E-state index contributed by atoms with van der Waals surface area (Å²) in [4.78, 5) is 1.54. The summed E-state index contributed by atoms with van der Waals surface area (Å²) in [5, 5.41) is 0. The van der Waals surface area contributed by atoms with Crippen LogP contribution < -0.4 is 0 Å². The Balaban J connectivity index is 2.12. The van der Waals surface area contributed by atoms with Crippen molar-refractivity contribution in [2.45, 2.75) is 17.9 Å². The standard InChI is InChI=1S/C10H12Br2O2S/c1-6-7(4-9(11)15-6)10(12)8-5-13-2-3-14-8/h4,8,10H,2-3,5H2,1H3. The Morgan fingerprint density at radius 2 is 2.33 bits per heavy atom. The van der Waals surface area contributed by atoms with Gasteiger partial charge >= 0.3 is 0 Å². The van der Waals surface area contributed by atoms with Gasteiger partial charge in [-0.1, -0.05) is 15.9 Å². The summed E-state index contributed by atoms with van der Waals surface area (Å²) >= 11 is 8.95. The predicted molar refractivity (Wildman–Crippen MR) is 69.0 cm³/mol. The summed E-state index contributed by atoms with van der Waals surface area (Å²) in [5.41, 5.74) is 1.29. The molecule has 0 N–H and O–H groups in total. The Labute approximate surface area is 110 Å². The monoisotopic (exact) mass is 354 g/mol. The molecule has 2 rings (SSSR count). The van der Waals surface area contributed by atoms with Crippen LogP contribution in [0.25, 0.3) is 0 Å². The van der Waals surface area contributed by atoms with Crippen molar-refractivity contribution >= 4 is 43.2 Å². The summed E-state index contributed by atoms with van der Waals surface area (Å²) in [5.74, 6) is 0. The lowest BCUT2D eigenvalue weighted by molar-refractivity contribution is -0.0876. The molecule has 2 heterocycles. The second-order valence-corrected chi connectivity index (χ2v) is 7.07. The van der Waals surface area contributed by atoms with E-state index in [1.165, 1.54) is 10.4 Å². The number of hydrogen-bond acceptors (Lipinski definition) is 3. The number of aryl methyl sites for hydroxylation is 1. The molecule has 0 spiro atoms. The summed E-state index contributed by atoms with van der Waals surface area (Å²) in [6.07, 6.45) is 0.124. The van der Waals surface area contributed by atoms with Gasteiger partial charge in [-0.15, -0.1) is 11.3 Å². The molecule has 1 aromatic rings. The van der Waals surface area contributed by atoms with E-state index in [2.05, 4.69) is 44.8 Å². The predicted octanol–water partition coefficient (Wildman–Crippen LogP) is 3.67. The van der Waals surface area contributed by atoms with E-state index in [-0.39, 0.29) is 10.9 Å². The largest absolute Gasteiger partial charge is 0.376 e. The normalized spacial score (nSPS) is 24.1. The number of halogens is 2. The van der Waals surface area contributed by atoms with Crippen LogP contribution in [0.2, 0.25) is 0 Å². The van der Waals surface area contributed by atoms with Gasteiger partial charge in [0.1, 0.15) is 0 Å². The maximum atomic E-state index is 5.68. The van der Waals surface area contributed by atoms with E-state index in [4.69, 9.17) is 9.47 Å². The number of rotatable bonds is 2. The van der Waals surface area contributed by atoms with Crippen LogP contribution in [0.1, 0.15) is 15.3 Å². The highest BCUT2D eigenvalue weighted by Crippen LogP contribution is 2.37. The maximum Gasteiger partial charge on any atom is 0.0975 e. The minimum absolute atomic E-state index is 0.124. The lowest BCUT2D eigenvalue weighted by Gasteiger charge is -2.27. The lowest BCUT2D eigenvalue weighted by atomic mass is 10.1.